The molecule has 2 aromatic rings. The molecule has 0 bridgehead atoms. The van der Waals surface area contributed by atoms with Crippen LogP contribution < -0.4 is 4.90 Å². The highest BCUT2D eigenvalue weighted by molar-refractivity contribution is 5.98. The molecular formula is C52H69F2NO9. The van der Waals surface area contributed by atoms with Crippen LogP contribution in [-0.4, -0.2) is 73.1 Å². The van der Waals surface area contributed by atoms with E-state index in [1.165, 1.54) is 17.9 Å². The molecule has 2 fully saturated rings. The third-order valence-corrected chi connectivity index (χ3v) is 12.7. The van der Waals surface area contributed by atoms with Crippen LogP contribution in [0, 0.1) is 44.4 Å². The number of hydrogen-bond acceptors (Lipinski definition) is 9. The summed E-state index contributed by atoms with van der Waals surface area (Å²) >= 11 is 0. The number of cyclic esters (lactones) is 2. The summed E-state index contributed by atoms with van der Waals surface area (Å²) in [6.45, 7) is 25.4. The molecule has 0 saturated carbocycles. The first-order chi connectivity index (χ1) is 29.8. The van der Waals surface area contributed by atoms with Crippen LogP contribution >= 0.6 is 0 Å². The zero-order valence-corrected chi connectivity index (χ0v) is 40.3. The van der Waals surface area contributed by atoms with Crippen LogP contribution in [-0.2, 0) is 33.2 Å². The van der Waals surface area contributed by atoms with Crippen molar-refractivity contribution in [1.29, 1.82) is 0 Å². The summed E-state index contributed by atoms with van der Waals surface area (Å²) in [5, 5.41) is 0. The van der Waals surface area contributed by atoms with E-state index in [0.717, 1.165) is 16.7 Å². The van der Waals surface area contributed by atoms with Gasteiger partial charge in [0.1, 0.15) is 23.9 Å². The Labute approximate surface area is 379 Å². The quantitative estimate of drug-likeness (QED) is 0.259. The lowest BCUT2D eigenvalue weighted by Crippen LogP contribution is -2.30. The highest BCUT2D eigenvalue weighted by atomic mass is 19.1. The average molecular weight is 890 g/mol. The van der Waals surface area contributed by atoms with E-state index in [2.05, 4.69) is 0 Å². The van der Waals surface area contributed by atoms with Gasteiger partial charge in [0.2, 0.25) is 5.91 Å². The number of esters is 2. The lowest BCUT2D eigenvalue weighted by atomic mass is 9.92. The Balaban J connectivity index is 0.000000243. The number of anilines is 1. The molecule has 0 N–H and O–H groups in total. The maximum atomic E-state index is 15.2. The van der Waals surface area contributed by atoms with Crippen molar-refractivity contribution in [2.75, 3.05) is 11.9 Å². The number of nitrogens with zero attached hydrogens (tertiary/aromatic N) is 1. The summed E-state index contributed by atoms with van der Waals surface area (Å²) in [4.78, 5) is 39.6. The lowest BCUT2D eigenvalue weighted by molar-refractivity contribution is -0.149. The van der Waals surface area contributed by atoms with Crippen molar-refractivity contribution in [2.24, 2.45) is 23.7 Å². The zero-order chi connectivity index (χ0) is 47.6. The van der Waals surface area contributed by atoms with Gasteiger partial charge < -0.3 is 33.3 Å². The predicted molar refractivity (Wildman–Crippen MR) is 246 cm³/mol. The van der Waals surface area contributed by atoms with Gasteiger partial charge in [0, 0.05) is 43.3 Å². The summed E-state index contributed by atoms with van der Waals surface area (Å²) < 4.78 is 66.0. The molecule has 1 amide bonds. The second-order valence-corrected chi connectivity index (χ2v) is 19.0. The van der Waals surface area contributed by atoms with Crippen LogP contribution in [0.1, 0.15) is 138 Å². The molecule has 12 heteroatoms. The van der Waals surface area contributed by atoms with Gasteiger partial charge in [-0.15, -0.1) is 0 Å². The Kier molecular flexibility index (Phi) is 16.1. The van der Waals surface area contributed by atoms with Crippen molar-refractivity contribution < 1.29 is 51.6 Å². The van der Waals surface area contributed by atoms with Gasteiger partial charge in [-0.3, -0.25) is 4.79 Å². The van der Waals surface area contributed by atoms with Crippen LogP contribution in [0.4, 0.5) is 14.5 Å². The van der Waals surface area contributed by atoms with Crippen LogP contribution in [0.15, 0.2) is 60.2 Å². The van der Waals surface area contributed by atoms with Gasteiger partial charge in [0.15, 0.2) is 11.6 Å². The minimum absolute atomic E-state index is 0.112. The zero-order valence-electron chi connectivity index (χ0n) is 40.3. The Hall–Kier alpha value is -4.49. The van der Waals surface area contributed by atoms with Crippen LogP contribution in [0.5, 0.6) is 0 Å². The molecule has 4 heterocycles. The number of aryl methyl sites for hydroxylation is 3. The molecule has 4 aliphatic heterocycles. The first kappa shape index (κ1) is 50.5. The molecule has 0 aromatic heterocycles. The topological polar surface area (TPSA) is 110 Å². The number of carbonyl (C=O) groups is 3. The molecule has 350 valence electrons. The van der Waals surface area contributed by atoms with Gasteiger partial charge in [-0.25, -0.2) is 18.4 Å². The first-order valence-electron chi connectivity index (χ1n) is 22.5. The largest absolute Gasteiger partial charge is 0.458 e. The molecule has 10 nitrogen and oxygen atoms in total. The van der Waals surface area contributed by atoms with Crippen molar-refractivity contribution in [3.8, 4) is 0 Å². The van der Waals surface area contributed by atoms with Crippen molar-refractivity contribution >= 4 is 35.7 Å². The van der Waals surface area contributed by atoms with E-state index in [9.17, 15) is 14.4 Å². The molecule has 2 aromatic carbocycles. The Morgan fingerprint density at radius 2 is 1.05 bits per heavy atom. The molecule has 6 rings (SSSR count). The molecule has 64 heavy (non-hydrogen) atoms. The molecule has 2 saturated heterocycles. The maximum Gasteiger partial charge on any atom is 0.339 e. The van der Waals surface area contributed by atoms with Crippen LogP contribution in [0.25, 0.3) is 12.2 Å². The second-order valence-electron chi connectivity index (χ2n) is 19.0. The fourth-order valence-electron chi connectivity index (χ4n) is 8.65. The lowest BCUT2D eigenvalue weighted by Gasteiger charge is -2.25. The van der Waals surface area contributed by atoms with E-state index in [1.807, 2.05) is 106 Å². The summed E-state index contributed by atoms with van der Waals surface area (Å²) in [6, 6.07) is 7.55. The van der Waals surface area contributed by atoms with E-state index >= 15 is 8.78 Å². The minimum atomic E-state index is -0.824. The molecular weight excluding hydrogens is 821 g/mol. The number of benzene rings is 2. The molecule has 0 radical (unpaired) electrons. The average Bonchev–Trinajstić information content (AvgIpc) is 3.68. The second kappa shape index (κ2) is 20.4. The monoisotopic (exact) mass is 889 g/mol. The standard InChI is InChI=1S/C27H36FNO5.C25H33FO4/c1-15-13-22(28)17(3)25-23(33-27(6,7)34-25)11-9-10-20-14-21(29(8)19(5)30)12-16(2)24(20)26(31)32-18(15)4;1-14-11-16(3)22-19(12-14)9-8-10-21-23(30-25(6,7)29-21)17(4)20(26)13-15(2)18(5)28-24(22)27/h9-10,12-15,17-18,23,25H,11H2,1-8H3;8-9,11-13,15,17-18,21,23H,10H2,1-7H3/b10-9?,22-13+;9-8?,20-13+/t15-,17?,18+,23?,25?;15-,17?,18+,21?,23?/m11/s1. The number of carbonyl (C=O) groups excluding carboxylic acids is 3. The Bertz CT molecular complexity index is 2190. The van der Waals surface area contributed by atoms with E-state index in [1.54, 1.807) is 46.0 Å². The number of hydrogen-bond donors (Lipinski definition) is 0. The molecule has 0 aliphatic carbocycles. The number of fused-ring (bicyclic) bond motifs is 4. The van der Waals surface area contributed by atoms with E-state index in [4.69, 9.17) is 28.4 Å². The molecule has 4 aliphatic rings. The summed E-state index contributed by atoms with van der Waals surface area (Å²) in [5.41, 5.74) is 5.75. The van der Waals surface area contributed by atoms with Gasteiger partial charge in [-0.1, -0.05) is 69.7 Å². The van der Waals surface area contributed by atoms with E-state index < -0.39 is 53.8 Å². The normalized spacial score (nSPS) is 32.2. The Morgan fingerprint density at radius 1 is 0.641 bits per heavy atom. The van der Waals surface area contributed by atoms with E-state index in [0.29, 0.717) is 40.8 Å². The third-order valence-electron chi connectivity index (χ3n) is 12.7. The highest BCUT2D eigenvalue weighted by Crippen LogP contribution is 2.39. The summed E-state index contributed by atoms with van der Waals surface area (Å²) in [7, 11) is 1.69. The van der Waals surface area contributed by atoms with Gasteiger partial charge in [-0.2, -0.15) is 0 Å². The third kappa shape index (κ3) is 12.0. The smallest absolute Gasteiger partial charge is 0.339 e. The Morgan fingerprint density at radius 3 is 1.47 bits per heavy atom. The number of amides is 1. The number of ether oxygens (including phenoxy) is 6. The van der Waals surface area contributed by atoms with E-state index in [-0.39, 0.29) is 47.6 Å². The fraction of sp³-hybridized carbons (Fsp3) is 0.558. The van der Waals surface area contributed by atoms with Crippen molar-refractivity contribution in [3.63, 3.8) is 0 Å². The number of halogens is 2. The SMILES string of the molecule is CC(=O)N(C)c1cc(C)c2c(c1)C=CCC1OC(C)(C)OC1C(C)/C(F)=C\[C@@H](C)[C@H](C)OC2=O.Cc1cc(C)c2c(c1)C=CCC1OC(C)(C)OC1C(C)/C(F)=C\[C@@H](C)[C@H](C)OC2=O. The number of rotatable bonds is 1. The van der Waals surface area contributed by atoms with Gasteiger partial charge in [0.05, 0.1) is 35.5 Å². The van der Waals surface area contributed by atoms with Gasteiger partial charge in [-0.05, 0) is 122 Å². The van der Waals surface area contributed by atoms with Crippen molar-refractivity contribution in [2.45, 2.75) is 158 Å². The van der Waals surface area contributed by atoms with Gasteiger partial charge >= 0.3 is 11.9 Å². The first-order valence-corrected chi connectivity index (χ1v) is 22.5. The van der Waals surface area contributed by atoms with Crippen LogP contribution in [0.3, 0.4) is 0 Å². The maximum absolute atomic E-state index is 15.2. The van der Waals surface area contributed by atoms with Crippen molar-refractivity contribution in [1.82, 2.24) is 0 Å². The summed E-state index contributed by atoms with van der Waals surface area (Å²) in [5.74, 6) is -4.74. The minimum Gasteiger partial charge on any atom is -0.458 e. The summed E-state index contributed by atoms with van der Waals surface area (Å²) in [6.07, 6.45) is 9.22. The predicted octanol–water partition coefficient (Wildman–Crippen LogP) is 11.5. The molecule has 6 unspecified atom stereocenters. The van der Waals surface area contributed by atoms with Gasteiger partial charge in [0.25, 0.3) is 0 Å². The van der Waals surface area contributed by atoms with Crippen LogP contribution in [0.2, 0.25) is 0 Å². The van der Waals surface area contributed by atoms with Crippen molar-refractivity contribution in [3.05, 3.63) is 99.2 Å². The highest BCUT2D eigenvalue weighted by Gasteiger charge is 2.46. The fourth-order valence-corrected chi connectivity index (χ4v) is 8.65. The molecule has 0 spiro atoms. The molecule has 10 atom stereocenters.